The second-order valence-electron chi connectivity index (χ2n) is 7.34. The molecule has 0 unspecified atom stereocenters. The molecule has 1 saturated heterocycles. The van der Waals surface area contributed by atoms with Gasteiger partial charge in [0.25, 0.3) is 11.8 Å². The molecule has 0 aliphatic carbocycles. The molecule has 134 valence electrons. The summed E-state index contributed by atoms with van der Waals surface area (Å²) in [6.07, 6.45) is 3.22. The van der Waals surface area contributed by atoms with Crippen LogP contribution in [0.5, 0.6) is 0 Å². The number of carbonyl (C=O) groups excluding carboxylic acids is 2. The number of amides is 2. The predicted octanol–water partition coefficient (Wildman–Crippen LogP) is 1.25. The largest absolute Gasteiger partial charge is 0.382 e. The van der Waals surface area contributed by atoms with E-state index >= 15 is 0 Å². The van der Waals surface area contributed by atoms with Crippen molar-refractivity contribution in [3.05, 3.63) is 24.0 Å². The summed E-state index contributed by atoms with van der Waals surface area (Å²) >= 11 is 0. The average Bonchev–Trinajstić information content (AvgIpc) is 2.95. The second-order valence-corrected chi connectivity index (χ2v) is 7.34. The summed E-state index contributed by atoms with van der Waals surface area (Å²) in [6.45, 7) is 8.00. The van der Waals surface area contributed by atoms with Gasteiger partial charge in [0.1, 0.15) is 6.61 Å². The van der Waals surface area contributed by atoms with Gasteiger partial charge >= 0.3 is 0 Å². The van der Waals surface area contributed by atoms with E-state index in [-0.39, 0.29) is 17.9 Å². The van der Waals surface area contributed by atoms with Gasteiger partial charge in [0.05, 0.1) is 41.5 Å². The molecule has 2 aromatic rings. The Hall–Kier alpha value is -2.61. The van der Waals surface area contributed by atoms with Gasteiger partial charge in [-0.3, -0.25) is 9.59 Å². The van der Waals surface area contributed by atoms with E-state index in [1.165, 1.54) is 6.20 Å². The van der Waals surface area contributed by atoms with Crippen molar-refractivity contribution in [1.29, 1.82) is 0 Å². The van der Waals surface area contributed by atoms with Crippen LogP contribution >= 0.6 is 0 Å². The quantitative estimate of drug-likeness (QED) is 0.868. The van der Waals surface area contributed by atoms with E-state index in [4.69, 9.17) is 10.5 Å². The minimum atomic E-state index is -0.545. The topological polar surface area (TPSA) is 102 Å². The fraction of sp³-hybridized carbons (Fsp3) is 0.471. The normalized spacial score (nSPS) is 15.6. The monoisotopic (exact) mass is 345 g/mol. The first-order valence-corrected chi connectivity index (χ1v) is 8.19. The average molecular weight is 345 g/mol. The molecule has 0 aromatic carbocycles. The van der Waals surface area contributed by atoms with Gasteiger partial charge < -0.3 is 20.7 Å². The lowest BCUT2D eigenvalue weighted by molar-refractivity contribution is -0.125. The standard InChI is InChI=1S/C17H23N5O3/c1-17(2,3)10-19-15-12(16(18)24)7-20-22-8-11(6-13(15)22)21-4-5-25-9-14(21)23/h6-8,19H,4-5,9-10H2,1-3H3,(H2,18,24). The first-order chi connectivity index (χ1) is 11.8. The molecule has 0 spiro atoms. The molecule has 25 heavy (non-hydrogen) atoms. The Morgan fingerprint density at radius 3 is 2.84 bits per heavy atom. The summed E-state index contributed by atoms with van der Waals surface area (Å²) in [5.74, 6) is -0.641. The highest BCUT2D eigenvalue weighted by Gasteiger charge is 2.23. The number of carbonyl (C=O) groups is 2. The molecule has 0 saturated carbocycles. The first-order valence-electron chi connectivity index (χ1n) is 8.19. The van der Waals surface area contributed by atoms with Crippen molar-refractivity contribution in [2.45, 2.75) is 20.8 Å². The molecule has 2 aromatic heterocycles. The van der Waals surface area contributed by atoms with Crippen LogP contribution in [0, 0.1) is 5.41 Å². The van der Waals surface area contributed by atoms with Crippen molar-refractivity contribution in [1.82, 2.24) is 9.61 Å². The second kappa shape index (κ2) is 6.36. The van der Waals surface area contributed by atoms with Crippen molar-refractivity contribution in [3.63, 3.8) is 0 Å². The van der Waals surface area contributed by atoms with Crippen LogP contribution in [0.1, 0.15) is 31.1 Å². The van der Waals surface area contributed by atoms with Crippen molar-refractivity contribution < 1.29 is 14.3 Å². The highest BCUT2D eigenvalue weighted by Crippen LogP contribution is 2.29. The predicted molar refractivity (Wildman–Crippen MR) is 94.8 cm³/mol. The van der Waals surface area contributed by atoms with Crippen LogP contribution in [0.2, 0.25) is 0 Å². The minimum Gasteiger partial charge on any atom is -0.382 e. The van der Waals surface area contributed by atoms with Crippen molar-refractivity contribution in [2.24, 2.45) is 11.1 Å². The van der Waals surface area contributed by atoms with E-state index in [9.17, 15) is 9.59 Å². The van der Waals surface area contributed by atoms with E-state index in [2.05, 4.69) is 31.2 Å². The van der Waals surface area contributed by atoms with Gasteiger partial charge in [-0.15, -0.1) is 0 Å². The maximum Gasteiger partial charge on any atom is 0.253 e. The number of aromatic nitrogens is 2. The van der Waals surface area contributed by atoms with Crippen LogP contribution in [0.25, 0.3) is 5.52 Å². The third-order valence-corrected chi connectivity index (χ3v) is 3.98. The van der Waals surface area contributed by atoms with Gasteiger partial charge in [-0.05, 0) is 11.5 Å². The summed E-state index contributed by atoms with van der Waals surface area (Å²) < 4.78 is 6.82. The number of fused-ring (bicyclic) bond motifs is 1. The maximum atomic E-state index is 12.1. The molecule has 3 heterocycles. The number of morpholine rings is 1. The first kappa shape index (κ1) is 17.2. The lowest BCUT2D eigenvalue weighted by Gasteiger charge is -2.25. The van der Waals surface area contributed by atoms with E-state index in [0.717, 1.165) is 5.69 Å². The lowest BCUT2D eigenvalue weighted by atomic mass is 9.96. The van der Waals surface area contributed by atoms with Crippen LogP contribution in [-0.4, -0.2) is 47.7 Å². The van der Waals surface area contributed by atoms with Gasteiger partial charge in [0.15, 0.2) is 0 Å². The molecule has 3 N–H and O–H groups in total. The zero-order chi connectivity index (χ0) is 18.2. The van der Waals surface area contributed by atoms with E-state index in [1.54, 1.807) is 15.6 Å². The van der Waals surface area contributed by atoms with Gasteiger partial charge in [0.2, 0.25) is 0 Å². The Labute approximate surface area is 145 Å². The van der Waals surface area contributed by atoms with E-state index in [0.29, 0.717) is 36.5 Å². The molecule has 0 atom stereocenters. The number of ether oxygens (including phenoxy) is 1. The van der Waals surface area contributed by atoms with Crippen LogP contribution in [0.3, 0.4) is 0 Å². The van der Waals surface area contributed by atoms with E-state index in [1.807, 2.05) is 6.07 Å². The summed E-state index contributed by atoms with van der Waals surface area (Å²) in [4.78, 5) is 25.5. The van der Waals surface area contributed by atoms with Crippen LogP contribution < -0.4 is 16.0 Å². The zero-order valence-electron chi connectivity index (χ0n) is 14.7. The molecule has 1 aliphatic heterocycles. The summed E-state index contributed by atoms with van der Waals surface area (Å²) in [7, 11) is 0. The minimum absolute atomic E-state index is 0.0186. The Bertz CT molecular complexity index is 822. The maximum absolute atomic E-state index is 12.1. The molecular weight excluding hydrogens is 322 g/mol. The molecular formula is C17H23N5O3. The third kappa shape index (κ3) is 3.58. The number of hydrogen-bond acceptors (Lipinski definition) is 5. The lowest BCUT2D eigenvalue weighted by Crippen LogP contribution is -2.41. The number of anilines is 2. The molecule has 1 aliphatic rings. The van der Waals surface area contributed by atoms with E-state index < -0.39 is 5.91 Å². The Morgan fingerprint density at radius 1 is 1.44 bits per heavy atom. The molecule has 8 heteroatoms. The number of nitrogens with one attached hydrogen (secondary N) is 1. The Kier molecular flexibility index (Phi) is 4.38. The highest BCUT2D eigenvalue weighted by atomic mass is 16.5. The number of primary amides is 1. The molecule has 0 radical (unpaired) electrons. The molecule has 3 rings (SSSR count). The third-order valence-electron chi connectivity index (χ3n) is 3.98. The fourth-order valence-electron chi connectivity index (χ4n) is 2.71. The SMILES string of the molecule is CC(C)(C)CNc1c(C(N)=O)cnn2cc(N3CCOCC3=O)cc12. The number of nitrogens with two attached hydrogens (primary N) is 1. The summed E-state index contributed by atoms with van der Waals surface area (Å²) in [6, 6.07) is 1.84. The number of nitrogens with zero attached hydrogens (tertiary/aromatic N) is 3. The summed E-state index contributed by atoms with van der Waals surface area (Å²) in [5.41, 5.74) is 7.91. The smallest absolute Gasteiger partial charge is 0.253 e. The highest BCUT2D eigenvalue weighted by molar-refractivity contribution is 6.03. The van der Waals surface area contributed by atoms with Gasteiger partial charge in [-0.2, -0.15) is 5.10 Å². The van der Waals surface area contributed by atoms with Crippen LogP contribution in [0.4, 0.5) is 11.4 Å². The summed E-state index contributed by atoms with van der Waals surface area (Å²) in [5, 5.41) is 7.57. The molecule has 0 bridgehead atoms. The van der Waals surface area contributed by atoms with Gasteiger partial charge in [-0.25, -0.2) is 4.52 Å². The van der Waals surface area contributed by atoms with Crippen molar-refractivity contribution >= 4 is 28.7 Å². The zero-order valence-corrected chi connectivity index (χ0v) is 14.7. The number of hydrogen-bond donors (Lipinski definition) is 2. The number of rotatable bonds is 4. The van der Waals surface area contributed by atoms with Crippen LogP contribution in [0.15, 0.2) is 18.5 Å². The van der Waals surface area contributed by atoms with Gasteiger partial charge in [-0.1, -0.05) is 20.8 Å². The van der Waals surface area contributed by atoms with Crippen molar-refractivity contribution in [3.8, 4) is 0 Å². The Morgan fingerprint density at radius 2 is 2.20 bits per heavy atom. The van der Waals surface area contributed by atoms with Gasteiger partial charge in [0, 0.05) is 13.1 Å². The Balaban J connectivity index is 2.05. The molecule has 8 nitrogen and oxygen atoms in total. The van der Waals surface area contributed by atoms with Crippen molar-refractivity contribution in [2.75, 3.05) is 36.5 Å². The fourth-order valence-corrected chi connectivity index (χ4v) is 2.71. The molecule has 1 fully saturated rings. The molecule has 2 amide bonds. The van der Waals surface area contributed by atoms with Crippen LogP contribution in [-0.2, 0) is 9.53 Å².